The van der Waals surface area contributed by atoms with Crippen molar-refractivity contribution in [3.05, 3.63) is 34.6 Å². The molecular weight excluding hydrogens is 245 g/mol. The number of amides is 1. The quantitative estimate of drug-likeness (QED) is 0.500. The van der Waals surface area contributed by atoms with Crippen LogP contribution in [0.15, 0.2) is 0 Å². The molecule has 17 heavy (non-hydrogen) atoms. The van der Waals surface area contributed by atoms with E-state index in [0.717, 1.165) is 0 Å². The highest BCUT2D eigenvalue weighted by Crippen LogP contribution is 2.24. The molecule has 0 radical (unpaired) electrons. The van der Waals surface area contributed by atoms with Gasteiger partial charge in [-0.2, -0.15) is 0 Å². The Morgan fingerprint density at radius 1 is 1.00 bits per heavy atom. The van der Waals surface area contributed by atoms with E-state index in [4.69, 9.17) is 5.73 Å². The van der Waals surface area contributed by atoms with Crippen molar-refractivity contribution in [3.63, 3.8) is 0 Å². The number of primary amides is 1. The van der Waals surface area contributed by atoms with Gasteiger partial charge >= 0.3 is 0 Å². The van der Waals surface area contributed by atoms with E-state index in [0.29, 0.717) is 0 Å². The van der Waals surface area contributed by atoms with Crippen LogP contribution in [-0.2, 0) is 11.2 Å². The molecule has 1 unspecified atom stereocenters. The van der Waals surface area contributed by atoms with Crippen molar-refractivity contribution in [1.29, 1.82) is 0 Å². The molecule has 7 heteroatoms. The first kappa shape index (κ1) is 13.4. The van der Waals surface area contributed by atoms with Crippen LogP contribution in [0.1, 0.15) is 12.5 Å². The van der Waals surface area contributed by atoms with Gasteiger partial charge in [-0.05, 0) is 6.42 Å². The normalized spacial score (nSPS) is 12.6. The van der Waals surface area contributed by atoms with E-state index in [9.17, 15) is 26.7 Å². The highest BCUT2D eigenvalue weighted by molar-refractivity contribution is 5.76. The maximum absolute atomic E-state index is 13.2. The topological polar surface area (TPSA) is 43.1 Å². The van der Waals surface area contributed by atoms with Crippen LogP contribution >= 0.6 is 0 Å². The lowest BCUT2D eigenvalue weighted by molar-refractivity contribution is -0.121. The first-order valence-electron chi connectivity index (χ1n) is 4.57. The van der Waals surface area contributed by atoms with Crippen molar-refractivity contribution >= 4 is 5.91 Å². The Labute approximate surface area is 93.2 Å². The zero-order valence-electron chi connectivity index (χ0n) is 8.66. The smallest absolute Gasteiger partial charge is 0.220 e. The maximum atomic E-state index is 13.2. The van der Waals surface area contributed by atoms with Crippen LogP contribution in [0.2, 0.25) is 0 Å². The molecule has 0 fully saturated rings. The molecule has 1 aromatic rings. The van der Waals surface area contributed by atoms with Crippen LogP contribution in [-0.4, -0.2) is 5.91 Å². The molecule has 0 bridgehead atoms. The van der Waals surface area contributed by atoms with E-state index < -0.39 is 52.9 Å². The highest BCUT2D eigenvalue weighted by Gasteiger charge is 2.27. The fraction of sp³-hybridized carbons (Fsp3) is 0.300. The molecule has 0 heterocycles. The Hall–Kier alpha value is -1.66. The van der Waals surface area contributed by atoms with Gasteiger partial charge in [-0.15, -0.1) is 0 Å². The molecule has 0 saturated heterocycles. The zero-order valence-corrected chi connectivity index (χ0v) is 8.66. The summed E-state index contributed by atoms with van der Waals surface area (Å²) in [5, 5.41) is 0. The lowest BCUT2D eigenvalue weighted by Gasteiger charge is -2.11. The standard InChI is InChI=1S/C10H8F5NO/c1-3(10(16)17)2-4-5(11)7(13)9(15)8(14)6(4)12/h3H,2H2,1H3,(H2,16,17). The number of hydrogen-bond acceptors (Lipinski definition) is 1. The van der Waals surface area contributed by atoms with Gasteiger partial charge < -0.3 is 5.73 Å². The van der Waals surface area contributed by atoms with Gasteiger partial charge in [-0.1, -0.05) is 6.92 Å². The SMILES string of the molecule is CC(Cc1c(F)c(F)c(F)c(F)c1F)C(N)=O. The lowest BCUT2D eigenvalue weighted by atomic mass is 9.99. The van der Waals surface area contributed by atoms with E-state index in [1.807, 2.05) is 0 Å². The Morgan fingerprint density at radius 3 is 1.71 bits per heavy atom. The lowest BCUT2D eigenvalue weighted by Crippen LogP contribution is -2.23. The van der Waals surface area contributed by atoms with Gasteiger partial charge in [-0.3, -0.25) is 4.79 Å². The van der Waals surface area contributed by atoms with Crippen molar-refractivity contribution in [2.75, 3.05) is 0 Å². The number of hydrogen-bond donors (Lipinski definition) is 1. The summed E-state index contributed by atoms with van der Waals surface area (Å²) in [4.78, 5) is 10.7. The van der Waals surface area contributed by atoms with E-state index >= 15 is 0 Å². The average molecular weight is 253 g/mol. The van der Waals surface area contributed by atoms with Gasteiger partial charge in [-0.25, -0.2) is 22.0 Å². The molecule has 0 spiro atoms. The average Bonchev–Trinajstić information content (AvgIpc) is 2.29. The summed E-state index contributed by atoms with van der Waals surface area (Å²) in [7, 11) is 0. The van der Waals surface area contributed by atoms with Crippen molar-refractivity contribution < 1.29 is 26.7 Å². The summed E-state index contributed by atoms with van der Waals surface area (Å²) in [5.74, 6) is -12.1. The molecule has 1 amide bonds. The predicted molar refractivity (Wildman–Crippen MR) is 48.3 cm³/mol. The molecule has 1 rings (SSSR count). The summed E-state index contributed by atoms with van der Waals surface area (Å²) in [6, 6.07) is 0. The second kappa shape index (κ2) is 4.68. The third-order valence-electron chi connectivity index (χ3n) is 2.30. The second-order valence-corrected chi connectivity index (χ2v) is 3.56. The molecule has 2 nitrogen and oxygen atoms in total. The molecule has 0 saturated carbocycles. The number of benzene rings is 1. The van der Waals surface area contributed by atoms with Crippen LogP contribution in [0.3, 0.4) is 0 Å². The van der Waals surface area contributed by atoms with Crippen molar-refractivity contribution in [3.8, 4) is 0 Å². The highest BCUT2D eigenvalue weighted by atomic mass is 19.2. The van der Waals surface area contributed by atoms with Crippen LogP contribution in [0.4, 0.5) is 22.0 Å². The monoisotopic (exact) mass is 253 g/mol. The first-order valence-corrected chi connectivity index (χ1v) is 4.57. The predicted octanol–water partition coefficient (Wildman–Crippen LogP) is 2.05. The van der Waals surface area contributed by atoms with Crippen LogP contribution in [0.25, 0.3) is 0 Å². The van der Waals surface area contributed by atoms with Crippen molar-refractivity contribution in [2.45, 2.75) is 13.3 Å². The third kappa shape index (κ3) is 2.37. The molecule has 0 aliphatic heterocycles. The Balaban J connectivity index is 3.30. The van der Waals surface area contributed by atoms with E-state index in [-0.39, 0.29) is 0 Å². The van der Waals surface area contributed by atoms with Crippen LogP contribution in [0, 0.1) is 35.0 Å². The van der Waals surface area contributed by atoms with Crippen molar-refractivity contribution in [1.82, 2.24) is 0 Å². The molecule has 0 aliphatic carbocycles. The van der Waals surface area contributed by atoms with Gasteiger partial charge in [0, 0.05) is 11.5 Å². The third-order valence-corrected chi connectivity index (χ3v) is 2.30. The van der Waals surface area contributed by atoms with E-state index in [1.165, 1.54) is 6.92 Å². The Kier molecular flexibility index (Phi) is 3.69. The van der Waals surface area contributed by atoms with E-state index in [2.05, 4.69) is 0 Å². The first-order chi connectivity index (χ1) is 7.77. The summed E-state index contributed by atoms with van der Waals surface area (Å²) in [6.45, 7) is 1.22. The maximum Gasteiger partial charge on any atom is 0.220 e. The van der Waals surface area contributed by atoms with Crippen molar-refractivity contribution in [2.24, 2.45) is 11.7 Å². The van der Waals surface area contributed by atoms with Crippen LogP contribution in [0.5, 0.6) is 0 Å². The molecular formula is C10H8F5NO. The molecule has 0 aromatic heterocycles. The summed E-state index contributed by atoms with van der Waals surface area (Å²) < 4.78 is 64.5. The zero-order chi connectivity index (χ0) is 13.3. The van der Waals surface area contributed by atoms with Gasteiger partial charge in [0.15, 0.2) is 23.3 Å². The van der Waals surface area contributed by atoms with Gasteiger partial charge in [0.25, 0.3) is 0 Å². The summed E-state index contributed by atoms with van der Waals surface area (Å²) in [6.07, 6.45) is -0.652. The van der Waals surface area contributed by atoms with Gasteiger partial charge in [0.05, 0.1) is 0 Å². The Bertz CT molecular complexity index is 445. The fourth-order valence-corrected chi connectivity index (χ4v) is 1.24. The fourth-order valence-electron chi connectivity index (χ4n) is 1.24. The molecule has 94 valence electrons. The number of carbonyl (C=O) groups excluding carboxylic acids is 1. The number of rotatable bonds is 3. The largest absolute Gasteiger partial charge is 0.369 e. The minimum Gasteiger partial charge on any atom is -0.369 e. The number of carbonyl (C=O) groups is 1. The summed E-state index contributed by atoms with van der Waals surface area (Å²) in [5.41, 5.74) is 3.81. The minimum atomic E-state index is -2.23. The molecule has 0 aliphatic rings. The number of halogens is 5. The molecule has 2 N–H and O–H groups in total. The molecule has 1 atom stereocenters. The Morgan fingerprint density at radius 2 is 1.35 bits per heavy atom. The van der Waals surface area contributed by atoms with Gasteiger partial charge in [0.2, 0.25) is 11.7 Å². The molecule has 1 aromatic carbocycles. The van der Waals surface area contributed by atoms with E-state index in [1.54, 1.807) is 0 Å². The summed E-state index contributed by atoms with van der Waals surface area (Å²) >= 11 is 0. The van der Waals surface area contributed by atoms with Gasteiger partial charge in [0.1, 0.15) is 0 Å². The van der Waals surface area contributed by atoms with Crippen LogP contribution < -0.4 is 5.73 Å². The number of nitrogens with two attached hydrogens (primary N) is 1. The second-order valence-electron chi connectivity index (χ2n) is 3.56. The minimum absolute atomic E-state index is 0.652.